The third-order valence-electron chi connectivity index (χ3n) is 4.24. The van der Waals surface area contributed by atoms with Gasteiger partial charge in [0.2, 0.25) is 0 Å². The molecule has 5 heteroatoms. The standard InChI is InChI=1S/C21H18O4S/c22-21(18-9-5-2-6-10-18)20(15-16-7-3-1-4-8-16)17-11-13-19(14-12-17)26(23,24)25/h1-14,20H,15H2,(H,23,24,25). The Hall–Kier alpha value is -2.76. The highest BCUT2D eigenvalue weighted by molar-refractivity contribution is 7.85. The van der Waals surface area contributed by atoms with Gasteiger partial charge in [0.1, 0.15) is 0 Å². The number of benzene rings is 3. The summed E-state index contributed by atoms with van der Waals surface area (Å²) >= 11 is 0. The van der Waals surface area contributed by atoms with Gasteiger partial charge in [-0.15, -0.1) is 0 Å². The van der Waals surface area contributed by atoms with Crippen LogP contribution in [-0.4, -0.2) is 18.8 Å². The number of carbonyl (C=O) groups excluding carboxylic acids is 1. The van der Waals surface area contributed by atoms with Crippen molar-refractivity contribution in [2.24, 2.45) is 0 Å². The van der Waals surface area contributed by atoms with Crippen molar-refractivity contribution < 1.29 is 17.8 Å². The van der Waals surface area contributed by atoms with Crippen LogP contribution < -0.4 is 0 Å². The minimum Gasteiger partial charge on any atom is -0.293 e. The summed E-state index contributed by atoms with van der Waals surface area (Å²) in [6, 6.07) is 24.5. The van der Waals surface area contributed by atoms with Crippen LogP contribution in [0.2, 0.25) is 0 Å². The third-order valence-corrected chi connectivity index (χ3v) is 5.11. The lowest BCUT2D eigenvalue weighted by atomic mass is 9.85. The van der Waals surface area contributed by atoms with Gasteiger partial charge in [0.25, 0.3) is 10.1 Å². The Morgan fingerprint density at radius 3 is 1.88 bits per heavy atom. The van der Waals surface area contributed by atoms with Crippen molar-refractivity contribution in [3.8, 4) is 0 Å². The first-order valence-corrected chi connectivity index (χ1v) is 9.60. The summed E-state index contributed by atoms with van der Waals surface area (Å²) < 4.78 is 31.6. The summed E-state index contributed by atoms with van der Waals surface area (Å²) in [6.45, 7) is 0. The van der Waals surface area contributed by atoms with Gasteiger partial charge in [-0.2, -0.15) is 8.42 Å². The Kier molecular flexibility index (Phi) is 5.30. The van der Waals surface area contributed by atoms with Gasteiger partial charge in [-0.3, -0.25) is 9.35 Å². The van der Waals surface area contributed by atoms with E-state index in [1.54, 1.807) is 24.3 Å². The lowest BCUT2D eigenvalue weighted by Crippen LogP contribution is -2.16. The molecule has 0 spiro atoms. The molecule has 3 rings (SSSR count). The first kappa shape index (κ1) is 18.0. The van der Waals surface area contributed by atoms with Crippen molar-refractivity contribution in [1.29, 1.82) is 0 Å². The molecule has 0 aliphatic carbocycles. The van der Waals surface area contributed by atoms with E-state index in [0.717, 1.165) is 5.56 Å². The number of ketones is 1. The van der Waals surface area contributed by atoms with E-state index in [0.29, 0.717) is 17.5 Å². The van der Waals surface area contributed by atoms with Gasteiger partial charge in [-0.1, -0.05) is 72.8 Å². The molecule has 0 radical (unpaired) electrons. The van der Waals surface area contributed by atoms with E-state index in [2.05, 4.69) is 0 Å². The minimum absolute atomic E-state index is 0.0333. The molecule has 0 saturated carbocycles. The lowest BCUT2D eigenvalue weighted by molar-refractivity contribution is 0.0959. The largest absolute Gasteiger partial charge is 0.294 e. The van der Waals surface area contributed by atoms with Gasteiger partial charge in [0, 0.05) is 5.56 Å². The molecule has 26 heavy (non-hydrogen) atoms. The Labute approximate surface area is 152 Å². The Morgan fingerprint density at radius 2 is 1.35 bits per heavy atom. The van der Waals surface area contributed by atoms with Crippen LogP contribution in [-0.2, 0) is 16.5 Å². The molecule has 0 aliphatic heterocycles. The van der Waals surface area contributed by atoms with Crippen molar-refractivity contribution >= 4 is 15.9 Å². The van der Waals surface area contributed by atoms with Crippen LogP contribution in [0.25, 0.3) is 0 Å². The zero-order valence-electron chi connectivity index (χ0n) is 13.9. The van der Waals surface area contributed by atoms with E-state index in [4.69, 9.17) is 4.55 Å². The maximum Gasteiger partial charge on any atom is 0.294 e. The molecule has 1 N–H and O–H groups in total. The van der Waals surface area contributed by atoms with Gasteiger partial charge >= 0.3 is 0 Å². The van der Waals surface area contributed by atoms with Crippen LogP contribution in [0, 0.1) is 0 Å². The molecule has 0 bridgehead atoms. The molecule has 1 unspecified atom stereocenters. The van der Waals surface area contributed by atoms with Crippen LogP contribution in [0.4, 0.5) is 0 Å². The van der Waals surface area contributed by atoms with E-state index in [1.165, 1.54) is 12.1 Å². The minimum atomic E-state index is -4.26. The van der Waals surface area contributed by atoms with Crippen molar-refractivity contribution in [2.75, 3.05) is 0 Å². The van der Waals surface area contributed by atoms with Crippen LogP contribution in [0.15, 0.2) is 89.8 Å². The quantitative estimate of drug-likeness (QED) is 0.526. The molecule has 0 amide bonds. The number of hydrogen-bond acceptors (Lipinski definition) is 3. The Morgan fingerprint density at radius 1 is 0.808 bits per heavy atom. The fraction of sp³-hybridized carbons (Fsp3) is 0.0952. The fourth-order valence-electron chi connectivity index (χ4n) is 2.89. The van der Waals surface area contributed by atoms with Gasteiger partial charge < -0.3 is 0 Å². The number of rotatable bonds is 6. The highest BCUT2D eigenvalue weighted by atomic mass is 32.2. The maximum absolute atomic E-state index is 13.1. The van der Waals surface area contributed by atoms with E-state index < -0.39 is 16.0 Å². The fourth-order valence-corrected chi connectivity index (χ4v) is 3.37. The molecule has 3 aromatic rings. The topological polar surface area (TPSA) is 71.4 Å². The third kappa shape index (κ3) is 4.25. The van der Waals surface area contributed by atoms with Crippen molar-refractivity contribution in [3.05, 3.63) is 102 Å². The van der Waals surface area contributed by atoms with E-state index in [1.807, 2.05) is 48.5 Å². The molecule has 0 aliphatic rings. The van der Waals surface area contributed by atoms with E-state index in [9.17, 15) is 13.2 Å². The van der Waals surface area contributed by atoms with Gasteiger partial charge in [-0.25, -0.2) is 0 Å². The first-order chi connectivity index (χ1) is 12.4. The zero-order chi connectivity index (χ0) is 18.6. The lowest BCUT2D eigenvalue weighted by Gasteiger charge is -2.17. The van der Waals surface area contributed by atoms with Gasteiger partial charge in [-0.05, 0) is 29.7 Å². The predicted octanol–water partition coefficient (Wildman–Crippen LogP) is 4.14. The second-order valence-corrected chi connectivity index (χ2v) is 7.44. The molecule has 0 saturated heterocycles. The summed E-state index contributed by atoms with van der Waals surface area (Å²) in [5.74, 6) is -0.482. The molecule has 0 heterocycles. The monoisotopic (exact) mass is 366 g/mol. The van der Waals surface area contributed by atoms with Gasteiger partial charge in [0.05, 0.1) is 10.8 Å². The highest BCUT2D eigenvalue weighted by Gasteiger charge is 2.23. The normalized spacial score (nSPS) is 12.5. The summed E-state index contributed by atoms with van der Waals surface area (Å²) in [4.78, 5) is 12.9. The smallest absolute Gasteiger partial charge is 0.293 e. The summed E-state index contributed by atoms with van der Waals surface area (Å²) in [5, 5.41) is 0. The highest BCUT2D eigenvalue weighted by Crippen LogP contribution is 2.26. The summed E-state index contributed by atoms with van der Waals surface area (Å²) in [7, 11) is -4.26. The first-order valence-electron chi connectivity index (χ1n) is 8.16. The van der Waals surface area contributed by atoms with Crippen molar-refractivity contribution in [3.63, 3.8) is 0 Å². The van der Waals surface area contributed by atoms with Crippen molar-refractivity contribution in [1.82, 2.24) is 0 Å². The van der Waals surface area contributed by atoms with Gasteiger partial charge in [0.15, 0.2) is 5.78 Å². The summed E-state index contributed by atoms with van der Waals surface area (Å²) in [6.07, 6.45) is 0.500. The van der Waals surface area contributed by atoms with Crippen molar-refractivity contribution in [2.45, 2.75) is 17.2 Å². The molecule has 3 aromatic carbocycles. The zero-order valence-corrected chi connectivity index (χ0v) is 14.8. The molecule has 132 valence electrons. The number of hydrogen-bond donors (Lipinski definition) is 1. The molecular weight excluding hydrogens is 348 g/mol. The predicted molar refractivity (Wildman–Crippen MR) is 99.9 cm³/mol. The second-order valence-electron chi connectivity index (χ2n) is 6.02. The van der Waals surface area contributed by atoms with E-state index >= 15 is 0 Å². The van der Waals surface area contributed by atoms with Crippen LogP contribution in [0.1, 0.15) is 27.4 Å². The molecule has 0 aromatic heterocycles. The van der Waals surface area contributed by atoms with E-state index in [-0.39, 0.29) is 10.7 Å². The van der Waals surface area contributed by atoms with Crippen LogP contribution in [0.5, 0.6) is 0 Å². The number of Topliss-reactive ketones (excluding diaryl/α,β-unsaturated/α-hetero) is 1. The second kappa shape index (κ2) is 7.64. The molecule has 1 atom stereocenters. The van der Waals surface area contributed by atoms with Crippen LogP contribution >= 0.6 is 0 Å². The molecule has 4 nitrogen and oxygen atoms in total. The maximum atomic E-state index is 13.1. The van der Waals surface area contributed by atoms with Crippen LogP contribution in [0.3, 0.4) is 0 Å². The number of carbonyl (C=O) groups is 1. The molecule has 0 fully saturated rings. The average Bonchev–Trinajstić information content (AvgIpc) is 2.66. The molecular formula is C21H18O4S. The Bertz CT molecular complexity index is 979. The SMILES string of the molecule is O=C(c1ccccc1)C(Cc1ccccc1)c1ccc(S(=O)(=O)O)cc1. The summed E-state index contributed by atoms with van der Waals surface area (Å²) in [5.41, 5.74) is 2.32. The Balaban J connectivity index is 1.98. The average molecular weight is 366 g/mol.